The van der Waals surface area contributed by atoms with Crippen LogP contribution in [0.3, 0.4) is 0 Å². The second kappa shape index (κ2) is 7.15. The number of fused-ring (bicyclic) bond motifs is 1. The van der Waals surface area contributed by atoms with E-state index in [2.05, 4.69) is 0 Å². The van der Waals surface area contributed by atoms with E-state index in [0.717, 1.165) is 10.5 Å². The maximum Gasteiger partial charge on any atom is 0.510 e. The molecule has 0 N–H and O–H groups in total. The van der Waals surface area contributed by atoms with Crippen LogP contribution in [0.25, 0.3) is 0 Å². The highest BCUT2D eigenvalue weighted by Gasteiger charge is 2.42. The Balaban J connectivity index is 1.69. The van der Waals surface area contributed by atoms with Gasteiger partial charge in [0.2, 0.25) is 5.91 Å². The van der Waals surface area contributed by atoms with Crippen molar-refractivity contribution in [3.8, 4) is 0 Å². The van der Waals surface area contributed by atoms with Crippen LogP contribution >= 0.6 is 0 Å². The molecule has 1 aromatic rings. The molecule has 1 aromatic carbocycles. The summed E-state index contributed by atoms with van der Waals surface area (Å²) in [5.74, 6) is -1.21. The molecule has 3 rings (SSSR count). The van der Waals surface area contributed by atoms with Crippen LogP contribution in [0.5, 0.6) is 0 Å². The maximum absolute atomic E-state index is 12.7. The topological polar surface area (TPSA) is 93.2 Å². The number of likely N-dealkylation sites (tertiary alicyclic amines) is 1. The number of carbonyl (C=O) groups excluding carboxylic acids is 4. The smallest absolute Gasteiger partial charge is 0.432 e. The molecule has 1 atom stereocenters. The average Bonchev–Trinajstić information content (AvgIpc) is 2.91. The molecule has 0 radical (unpaired) electrons. The standard InChI is InChI=1S/C18H20N2O6/c1-11(2)26-18(24)25-10-20-15(21)8-7-14(17(20)23)19-9-12-5-3-4-6-13(12)16(19)22/h3-6,11,14H,7-10H2,1-2H3. The molecule has 1 fully saturated rings. The van der Waals surface area contributed by atoms with E-state index in [9.17, 15) is 19.2 Å². The van der Waals surface area contributed by atoms with Gasteiger partial charge in [-0.15, -0.1) is 0 Å². The second-order valence-corrected chi connectivity index (χ2v) is 6.49. The Morgan fingerprint density at radius 1 is 1.23 bits per heavy atom. The van der Waals surface area contributed by atoms with Gasteiger partial charge in [0.25, 0.3) is 11.8 Å². The van der Waals surface area contributed by atoms with Crippen molar-refractivity contribution in [2.75, 3.05) is 6.73 Å². The summed E-state index contributed by atoms with van der Waals surface area (Å²) in [6.45, 7) is 3.12. The second-order valence-electron chi connectivity index (χ2n) is 6.49. The van der Waals surface area contributed by atoms with Gasteiger partial charge in [-0.3, -0.25) is 14.4 Å². The van der Waals surface area contributed by atoms with Crippen LogP contribution in [-0.2, 0) is 25.6 Å². The lowest BCUT2D eigenvalue weighted by Crippen LogP contribution is -2.55. The van der Waals surface area contributed by atoms with E-state index < -0.39 is 30.7 Å². The van der Waals surface area contributed by atoms with E-state index in [1.54, 1.807) is 26.0 Å². The molecule has 0 aliphatic carbocycles. The Labute approximate surface area is 150 Å². The van der Waals surface area contributed by atoms with E-state index >= 15 is 0 Å². The molecule has 26 heavy (non-hydrogen) atoms. The molecule has 0 spiro atoms. The first-order valence-electron chi connectivity index (χ1n) is 8.45. The quantitative estimate of drug-likeness (QED) is 0.599. The van der Waals surface area contributed by atoms with Crippen LogP contribution in [0.15, 0.2) is 24.3 Å². The number of carbonyl (C=O) groups is 4. The lowest BCUT2D eigenvalue weighted by atomic mass is 10.0. The minimum absolute atomic E-state index is 0.0963. The Bertz CT molecular complexity index is 760. The third-order valence-electron chi connectivity index (χ3n) is 4.35. The highest BCUT2D eigenvalue weighted by Crippen LogP contribution is 2.28. The van der Waals surface area contributed by atoms with Crippen LogP contribution in [0.1, 0.15) is 42.6 Å². The average molecular weight is 360 g/mol. The van der Waals surface area contributed by atoms with Gasteiger partial charge in [0, 0.05) is 18.5 Å². The maximum atomic E-state index is 12.7. The zero-order valence-corrected chi connectivity index (χ0v) is 14.6. The van der Waals surface area contributed by atoms with Gasteiger partial charge in [-0.1, -0.05) is 18.2 Å². The summed E-state index contributed by atoms with van der Waals surface area (Å²) < 4.78 is 9.68. The highest BCUT2D eigenvalue weighted by molar-refractivity contribution is 6.05. The van der Waals surface area contributed by atoms with E-state index in [1.807, 2.05) is 12.1 Å². The molecule has 8 heteroatoms. The zero-order chi connectivity index (χ0) is 18.8. The third-order valence-corrected chi connectivity index (χ3v) is 4.35. The summed E-state index contributed by atoms with van der Waals surface area (Å²) in [4.78, 5) is 51.2. The van der Waals surface area contributed by atoms with Crippen LogP contribution < -0.4 is 0 Å². The molecule has 0 aromatic heterocycles. The Hall–Kier alpha value is -2.90. The lowest BCUT2D eigenvalue weighted by molar-refractivity contribution is -0.157. The number of imide groups is 1. The van der Waals surface area contributed by atoms with Crippen LogP contribution in [-0.4, -0.2) is 52.6 Å². The van der Waals surface area contributed by atoms with Crippen molar-refractivity contribution in [2.45, 2.75) is 45.4 Å². The molecule has 2 heterocycles. The molecule has 1 unspecified atom stereocenters. The van der Waals surface area contributed by atoms with Gasteiger partial charge in [0.15, 0.2) is 6.73 Å². The molecule has 138 valence electrons. The fourth-order valence-corrected chi connectivity index (χ4v) is 3.12. The number of hydrogen-bond donors (Lipinski definition) is 0. The third kappa shape index (κ3) is 3.40. The first kappa shape index (κ1) is 17.9. The molecule has 2 aliphatic rings. The summed E-state index contributed by atoms with van der Waals surface area (Å²) in [5.41, 5.74) is 1.42. The van der Waals surface area contributed by atoms with Crippen molar-refractivity contribution in [1.82, 2.24) is 9.80 Å². The lowest BCUT2D eigenvalue weighted by Gasteiger charge is -2.34. The monoisotopic (exact) mass is 360 g/mol. The Morgan fingerprint density at radius 2 is 1.96 bits per heavy atom. The van der Waals surface area contributed by atoms with E-state index in [4.69, 9.17) is 9.47 Å². The van der Waals surface area contributed by atoms with Crippen LogP contribution in [0.4, 0.5) is 4.79 Å². The molecular formula is C18H20N2O6. The van der Waals surface area contributed by atoms with Gasteiger partial charge < -0.3 is 14.4 Å². The van der Waals surface area contributed by atoms with E-state index in [0.29, 0.717) is 12.1 Å². The summed E-state index contributed by atoms with van der Waals surface area (Å²) >= 11 is 0. The molecule has 0 bridgehead atoms. The molecule has 3 amide bonds. The molecular weight excluding hydrogens is 340 g/mol. The fraction of sp³-hybridized carbons (Fsp3) is 0.444. The van der Waals surface area contributed by atoms with Crippen molar-refractivity contribution in [1.29, 1.82) is 0 Å². The number of rotatable bonds is 4. The van der Waals surface area contributed by atoms with Gasteiger partial charge in [0.05, 0.1) is 6.10 Å². The summed E-state index contributed by atoms with van der Waals surface area (Å²) in [5, 5.41) is 0. The molecule has 8 nitrogen and oxygen atoms in total. The van der Waals surface area contributed by atoms with E-state index in [-0.39, 0.29) is 24.9 Å². The Kier molecular flexibility index (Phi) is 4.92. The minimum Gasteiger partial charge on any atom is -0.432 e. The van der Waals surface area contributed by atoms with Crippen molar-refractivity contribution in [2.24, 2.45) is 0 Å². The molecule has 0 saturated carbocycles. The normalized spacial score (nSPS) is 19.8. The summed E-state index contributed by atoms with van der Waals surface area (Å²) in [6.07, 6.45) is -0.972. The first-order chi connectivity index (χ1) is 12.4. The number of ether oxygens (including phenoxy) is 2. The molecule has 1 saturated heterocycles. The van der Waals surface area contributed by atoms with Crippen molar-refractivity contribution < 1.29 is 28.7 Å². The van der Waals surface area contributed by atoms with Crippen LogP contribution in [0.2, 0.25) is 0 Å². The highest BCUT2D eigenvalue weighted by atomic mass is 16.7. The number of hydrogen-bond acceptors (Lipinski definition) is 6. The van der Waals surface area contributed by atoms with Gasteiger partial charge in [-0.25, -0.2) is 9.69 Å². The van der Waals surface area contributed by atoms with Crippen molar-refractivity contribution >= 4 is 23.9 Å². The largest absolute Gasteiger partial charge is 0.510 e. The number of piperidine rings is 1. The van der Waals surface area contributed by atoms with E-state index in [1.165, 1.54) is 4.90 Å². The summed E-state index contributed by atoms with van der Waals surface area (Å²) in [6, 6.07) is 6.42. The Morgan fingerprint density at radius 3 is 2.65 bits per heavy atom. The predicted octanol–water partition coefficient (Wildman–Crippen LogP) is 1.68. The number of amides is 3. The minimum atomic E-state index is -0.952. The predicted molar refractivity (Wildman–Crippen MR) is 88.8 cm³/mol. The van der Waals surface area contributed by atoms with Crippen molar-refractivity contribution in [3.63, 3.8) is 0 Å². The SMILES string of the molecule is CC(C)OC(=O)OCN1C(=O)CCC(N2Cc3ccccc3C2=O)C1=O. The van der Waals surface area contributed by atoms with Crippen molar-refractivity contribution in [3.05, 3.63) is 35.4 Å². The fourth-order valence-electron chi connectivity index (χ4n) is 3.12. The zero-order valence-electron chi connectivity index (χ0n) is 14.6. The van der Waals surface area contributed by atoms with Gasteiger partial charge in [0.1, 0.15) is 6.04 Å². The summed E-state index contributed by atoms with van der Waals surface area (Å²) in [7, 11) is 0. The molecule has 2 aliphatic heterocycles. The van der Waals surface area contributed by atoms with Gasteiger partial charge in [-0.2, -0.15) is 0 Å². The van der Waals surface area contributed by atoms with Gasteiger partial charge in [-0.05, 0) is 31.9 Å². The van der Waals surface area contributed by atoms with Gasteiger partial charge >= 0.3 is 6.16 Å². The number of nitrogens with zero attached hydrogens (tertiary/aromatic N) is 2. The van der Waals surface area contributed by atoms with Crippen LogP contribution in [0, 0.1) is 0 Å². The number of benzene rings is 1. The first-order valence-corrected chi connectivity index (χ1v) is 8.45.